The molecule has 1 heterocycles. The van der Waals surface area contributed by atoms with Crippen molar-refractivity contribution in [2.24, 2.45) is 5.92 Å². The number of nitrogens with one attached hydrogen (secondary N) is 1. The number of amides is 1. The van der Waals surface area contributed by atoms with Gasteiger partial charge in [-0.05, 0) is 42.9 Å². The molecule has 3 rings (SSSR count). The normalized spacial score (nSPS) is 18.2. The van der Waals surface area contributed by atoms with Crippen LogP contribution in [0.25, 0.3) is 0 Å². The Balaban J connectivity index is 1.89. The van der Waals surface area contributed by atoms with E-state index in [2.05, 4.69) is 17.3 Å². The summed E-state index contributed by atoms with van der Waals surface area (Å²) in [7, 11) is 2.07. The Labute approximate surface area is 107 Å². The number of rotatable bonds is 3. The van der Waals surface area contributed by atoms with Gasteiger partial charge in [-0.25, -0.2) is 0 Å². The molecular formula is C14H19N3O. The largest absolute Gasteiger partial charge is 0.397 e. The van der Waals surface area contributed by atoms with Crippen LogP contribution in [-0.2, 0) is 11.2 Å². The van der Waals surface area contributed by atoms with Crippen LogP contribution in [0.1, 0.15) is 24.8 Å². The summed E-state index contributed by atoms with van der Waals surface area (Å²) in [6, 6.07) is 4.03. The molecule has 1 aromatic carbocycles. The molecule has 0 spiro atoms. The number of nitrogens with two attached hydrogens (primary N) is 1. The molecule has 1 aliphatic heterocycles. The smallest absolute Gasteiger partial charge is 0.224 e. The van der Waals surface area contributed by atoms with Crippen molar-refractivity contribution in [1.82, 2.24) is 0 Å². The first-order valence-corrected chi connectivity index (χ1v) is 6.57. The summed E-state index contributed by atoms with van der Waals surface area (Å²) in [4.78, 5) is 13.6. The maximum Gasteiger partial charge on any atom is 0.224 e. The van der Waals surface area contributed by atoms with Gasteiger partial charge < -0.3 is 16.0 Å². The number of hydrogen-bond donors (Lipinski definition) is 2. The molecule has 0 atom stereocenters. The van der Waals surface area contributed by atoms with Gasteiger partial charge in [0.1, 0.15) is 0 Å². The van der Waals surface area contributed by atoms with Gasteiger partial charge in [0.05, 0.1) is 11.4 Å². The van der Waals surface area contributed by atoms with Gasteiger partial charge in [0.2, 0.25) is 5.91 Å². The fourth-order valence-electron chi connectivity index (χ4n) is 2.55. The number of anilines is 3. The SMILES string of the molecule is CN(CC1CC1)c1cc2c(cc1N)CCC(=O)N2. The second kappa shape index (κ2) is 4.19. The molecule has 18 heavy (non-hydrogen) atoms. The molecule has 1 saturated carbocycles. The van der Waals surface area contributed by atoms with Crippen LogP contribution < -0.4 is 16.0 Å². The molecule has 1 amide bonds. The fraction of sp³-hybridized carbons (Fsp3) is 0.500. The van der Waals surface area contributed by atoms with Crippen molar-refractivity contribution in [3.05, 3.63) is 17.7 Å². The first kappa shape index (κ1) is 11.4. The van der Waals surface area contributed by atoms with Crippen LogP contribution in [-0.4, -0.2) is 19.5 Å². The van der Waals surface area contributed by atoms with Crippen molar-refractivity contribution in [2.45, 2.75) is 25.7 Å². The zero-order valence-corrected chi connectivity index (χ0v) is 10.7. The summed E-state index contributed by atoms with van der Waals surface area (Å²) in [5, 5.41) is 2.93. The van der Waals surface area contributed by atoms with Crippen molar-refractivity contribution < 1.29 is 4.79 Å². The van der Waals surface area contributed by atoms with E-state index in [0.29, 0.717) is 6.42 Å². The van der Waals surface area contributed by atoms with Crippen LogP contribution >= 0.6 is 0 Å². The van der Waals surface area contributed by atoms with E-state index in [1.54, 1.807) is 0 Å². The van der Waals surface area contributed by atoms with Gasteiger partial charge in [0.15, 0.2) is 0 Å². The second-order valence-electron chi connectivity index (χ2n) is 5.44. The monoisotopic (exact) mass is 245 g/mol. The number of fused-ring (bicyclic) bond motifs is 1. The van der Waals surface area contributed by atoms with Crippen LogP contribution in [0.3, 0.4) is 0 Å². The zero-order chi connectivity index (χ0) is 12.7. The van der Waals surface area contributed by atoms with E-state index in [1.807, 2.05) is 12.1 Å². The van der Waals surface area contributed by atoms with Gasteiger partial charge in [-0.3, -0.25) is 4.79 Å². The molecule has 0 bridgehead atoms. The second-order valence-corrected chi connectivity index (χ2v) is 5.44. The Hall–Kier alpha value is -1.71. The van der Waals surface area contributed by atoms with Gasteiger partial charge in [-0.2, -0.15) is 0 Å². The highest BCUT2D eigenvalue weighted by Gasteiger charge is 2.24. The number of carbonyl (C=O) groups is 1. The molecule has 1 aliphatic carbocycles. The maximum absolute atomic E-state index is 11.4. The van der Waals surface area contributed by atoms with Gasteiger partial charge in [0, 0.05) is 25.7 Å². The molecule has 1 aromatic rings. The molecular weight excluding hydrogens is 226 g/mol. The predicted molar refractivity (Wildman–Crippen MR) is 73.8 cm³/mol. The van der Waals surface area contributed by atoms with E-state index in [0.717, 1.165) is 41.5 Å². The maximum atomic E-state index is 11.4. The minimum atomic E-state index is 0.100. The van der Waals surface area contributed by atoms with Crippen molar-refractivity contribution in [3.8, 4) is 0 Å². The zero-order valence-electron chi connectivity index (χ0n) is 10.7. The summed E-state index contributed by atoms with van der Waals surface area (Å²) < 4.78 is 0. The molecule has 0 aromatic heterocycles. The van der Waals surface area contributed by atoms with Crippen molar-refractivity contribution in [2.75, 3.05) is 29.5 Å². The van der Waals surface area contributed by atoms with E-state index < -0.39 is 0 Å². The molecule has 4 nitrogen and oxygen atoms in total. The van der Waals surface area contributed by atoms with Crippen molar-refractivity contribution in [3.63, 3.8) is 0 Å². The summed E-state index contributed by atoms with van der Waals surface area (Å²) >= 11 is 0. The van der Waals surface area contributed by atoms with Crippen LogP contribution in [0.15, 0.2) is 12.1 Å². The lowest BCUT2D eigenvalue weighted by Gasteiger charge is -2.25. The number of benzene rings is 1. The average Bonchev–Trinajstić information content (AvgIpc) is 3.12. The quantitative estimate of drug-likeness (QED) is 0.801. The lowest BCUT2D eigenvalue weighted by atomic mass is 10.0. The lowest BCUT2D eigenvalue weighted by molar-refractivity contribution is -0.116. The Morgan fingerprint density at radius 1 is 1.39 bits per heavy atom. The van der Waals surface area contributed by atoms with Crippen LogP contribution in [0.5, 0.6) is 0 Å². The third kappa shape index (κ3) is 2.15. The Morgan fingerprint density at radius 2 is 2.17 bits per heavy atom. The first-order valence-electron chi connectivity index (χ1n) is 6.57. The molecule has 3 N–H and O–H groups in total. The van der Waals surface area contributed by atoms with Gasteiger partial charge in [-0.15, -0.1) is 0 Å². The number of carbonyl (C=O) groups excluding carboxylic acids is 1. The summed E-state index contributed by atoms with van der Waals surface area (Å²) in [6.07, 6.45) is 4.00. The molecule has 4 heteroatoms. The molecule has 0 radical (unpaired) electrons. The molecule has 0 saturated heterocycles. The Morgan fingerprint density at radius 3 is 2.89 bits per heavy atom. The van der Waals surface area contributed by atoms with Gasteiger partial charge >= 0.3 is 0 Å². The standard InChI is InChI=1S/C14H19N3O/c1-17(8-9-2-3-9)13-7-12-10(6-11(13)15)4-5-14(18)16-12/h6-7,9H,2-5,8,15H2,1H3,(H,16,18). The van der Waals surface area contributed by atoms with Crippen LogP contribution in [0.4, 0.5) is 17.1 Å². The number of hydrogen-bond acceptors (Lipinski definition) is 3. The molecule has 1 fully saturated rings. The molecule has 0 unspecified atom stereocenters. The van der Waals surface area contributed by atoms with Gasteiger partial charge in [-0.1, -0.05) is 0 Å². The van der Waals surface area contributed by atoms with Crippen LogP contribution in [0.2, 0.25) is 0 Å². The van der Waals surface area contributed by atoms with Crippen molar-refractivity contribution >= 4 is 23.0 Å². The van der Waals surface area contributed by atoms with E-state index in [9.17, 15) is 4.79 Å². The third-order valence-electron chi connectivity index (χ3n) is 3.79. The Kier molecular flexibility index (Phi) is 2.65. The average molecular weight is 245 g/mol. The third-order valence-corrected chi connectivity index (χ3v) is 3.79. The highest BCUT2D eigenvalue weighted by molar-refractivity contribution is 5.95. The summed E-state index contributed by atoms with van der Waals surface area (Å²) in [5.74, 6) is 0.920. The van der Waals surface area contributed by atoms with E-state index in [1.165, 1.54) is 12.8 Å². The lowest BCUT2D eigenvalue weighted by Crippen LogP contribution is -2.23. The molecule has 2 aliphatic rings. The number of nitrogen functional groups attached to an aromatic ring is 1. The Bertz CT molecular complexity index is 494. The van der Waals surface area contributed by atoms with E-state index >= 15 is 0 Å². The first-order chi connectivity index (χ1) is 8.63. The minimum Gasteiger partial charge on any atom is -0.397 e. The summed E-state index contributed by atoms with van der Waals surface area (Å²) in [5.41, 5.74) is 10.0. The summed E-state index contributed by atoms with van der Waals surface area (Å²) in [6.45, 7) is 1.05. The fourth-order valence-corrected chi connectivity index (χ4v) is 2.55. The highest BCUT2D eigenvalue weighted by atomic mass is 16.1. The van der Waals surface area contributed by atoms with Gasteiger partial charge in [0.25, 0.3) is 0 Å². The topological polar surface area (TPSA) is 58.4 Å². The minimum absolute atomic E-state index is 0.100. The molecule has 96 valence electrons. The van der Waals surface area contributed by atoms with Crippen molar-refractivity contribution in [1.29, 1.82) is 0 Å². The van der Waals surface area contributed by atoms with Crippen LogP contribution in [0, 0.1) is 5.92 Å². The van der Waals surface area contributed by atoms with E-state index in [4.69, 9.17) is 5.73 Å². The highest BCUT2D eigenvalue weighted by Crippen LogP contribution is 2.36. The number of aryl methyl sites for hydroxylation is 1. The van der Waals surface area contributed by atoms with E-state index in [-0.39, 0.29) is 5.91 Å². The number of nitrogens with zero attached hydrogens (tertiary/aromatic N) is 1. The predicted octanol–water partition coefficient (Wildman–Crippen LogP) is 2.00.